The molecular weight excluding hydrogens is 930 g/mol. The summed E-state index contributed by atoms with van der Waals surface area (Å²) in [6, 6.07) is 35.9. The Hall–Kier alpha value is -1.98. The molecule has 0 saturated carbocycles. The summed E-state index contributed by atoms with van der Waals surface area (Å²) in [7, 11) is 0. The van der Waals surface area contributed by atoms with Gasteiger partial charge in [-0.05, 0) is 50.6 Å². The minimum absolute atomic E-state index is 0.0132. The predicted octanol–water partition coefficient (Wildman–Crippen LogP) is 19.5. The molecule has 0 heterocycles. The molecule has 270 valence electrons. The minimum atomic E-state index is -0.0736. The highest BCUT2D eigenvalue weighted by atomic mass is 35.5. The third kappa shape index (κ3) is 7.00. The summed E-state index contributed by atoms with van der Waals surface area (Å²) in [6.07, 6.45) is 0. The van der Waals surface area contributed by atoms with Gasteiger partial charge in [-0.15, -0.1) is 0 Å². The lowest BCUT2D eigenvalue weighted by Gasteiger charge is -2.24. The summed E-state index contributed by atoms with van der Waals surface area (Å²) < 4.78 is 0. The molecule has 0 N–H and O–H groups in total. The molecule has 0 atom stereocenters. The zero-order chi connectivity index (χ0) is 38.6. The van der Waals surface area contributed by atoms with Crippen LogP contribution in [0.15, 0.2) is 109 Å². The van der Waals surface area contributed by atoms with Crippen LogP contribution in [0.3, 0.4) is 0 Å². The fourth-order valence-corrected chi connectivity index (χ4v) is 9.56. The Labute approximate surface area is 371 Å². The van der Waals surface area contributed by atoms with Gasteiger partial charge < -0.3 is 0 Å². The van der Waals surface area contributed by atoms with Crippen LogP contribution >= 0.6 is 139 Å². The molecule has 7 rings (SSSR count). The van der Waals surface area contributed by atoms with Crippen molar-refractivity contribution in [3.8, 4) is 66.8 Å². The molecule has 7 aromatic rings. The molecule has 12 heteroatoms. The molecule has 0 aliphatic rings. The SMILES string of the molecule is Clc1cc(-c2c(Cl)c(Cl)c(Cl)c(Cl)c2-c2c(Cl)c(Cl)c(Cl)c(Cl)c2Cl)c(-c2ccccc2-c2ccccc2-c2ccccc2-c2ccccc2)c(Cl)c1Cl. The Morgan fingerprint density at radius 1 is 0.222 bits per heavy atom. The van der Waals surface area contributed by atoms with Gasteiger partial charge in [0, 0.05) is 22.3 Å². The number of rotatable bonds is 6. The molecule has 0 nitrogen and oxygen atoms in total. The van der Waals surface area contributed by atoms with Gasteiger partial charge in [-0.2, -0.15) is 0 Å². The zero-order valence-electron chi connectivity index (χ0n) is 26.9. The molecule has 7 aromatic carbocycles. The van der Waals surface area contributed by atoms with E-state index in [0.717, 1.165) is 33.4 Å². The molecule has 0 aliphatic carbocycles. The van der Waals surface area contributed by atoms with E-state index in [2.05, 4.69) is 30.3 Å². The lowest BCUT2D eigenvalue weighted by Crippen LogP contribution is -1.98. The average molecular weight is 948 g/mol. The van der Waals surface area contributed by atoms with Gasteiger partial charge in [0.05, 0.1) is 60.3 Å². The molecule has 0 saturated heterocycles. The topological polar surface area (TPSA) is 0 Å². The Bertz CT molecular complexity index is 2600. The van der Waals surface area contributed by atoms with E-state index < -0.39 is 0 Å². The number of hydrogen-bond acceptors (Lipinski definition) is 0. The highest BCUT2D eigenvalue weighted by Gasteiger charge is 2.32. The van der Waals surface area contributed by atoms with Gasteiger partial charge in [0.1, 0.15) is 0 Å². The molecular formula is C42H18Cl12. The molecule has 0 unspecified atom stereocenters. The highest BCUT2D eigenvalue weighted by Crippen LogP contribution is 2.59. The molecule has 54 heavy (non-hydrogen) atoms. The number of halogens is 12. The van der Waals surface area contributed by atoms with Crippen LogP contribution in [0.2, 0.25) is 60.3 Å². The maximum absolute atomic E-state index is 7.24. The van der Waals surface area contributed by atoms with Crippen molar-refractivity contribution in [2.45, 2.75) is 0 Å². The molecule has 0 aromatic heterocycles. The van der Waals surface area contributed by atoms with Gasteiger partial charge in [-0.3, -0.25) is 0 Å². The first kappa shape index (κ1) is 40.2. The molecule has 0 radical (unpaired) electrons. The van der Waals surface area contributed by atoms with Crippen molar-refractivity contribution in [1.82, 2.24) is 0 Å². The maximum atomic E-state index is 7.24. The van der Waals surface area contributed by atoms with Crippen molar-refractivity contribution in [2.24, 2.45) is 0 Å². The molecule has 0 amide bonds. The Morgan fingerprint density at radius 2 is 0.556 bits per heavy atom. The van der Waals surface area contributed by atoms with E-state index in [1.807, 2.05) is 72.8 Å². The van der Waals surface area contributed by atoms with Gasteiger partial charge in [-0.25, -0.2) is 0 Å². The van der Waals surface area contributed by atoms with E-state index in [4.69, 9.17) is 139 Å². The highest BCUT2D eigenvalue weighted by molar-refractivity contribution is 6.59. The fraction of sp³-hybridized carbons (Fsp3) is 0. The first-order valence-electron chi connectivity index (χ1n) is 15.7. The lowest BCUT2D eigenvalue weighted by molar-refractivity contribution is 1.54. The third-order valence-corrected chi connectivity index (χ3v) is 14.2. The second kappa shape index (κ2) is 16.5. The Kier molecular flexibility index (Phi) is 12.3. The molecule has 0 aliphatic heterocycles. The first-order chi connectivity index (χ1) is 25.8. The van der Waals surface area contributed by atoms with E-state index in [1.54, 1.807) is 6.07 Å². The molecule has 0 fully saturated rings. The minimum Gasteiger partial charge on any atom is -0.0826 e. The second-order valence-electron chi connectivity index (χ2n) is 11.9. The van der Waals surface area contributed by atoms with E-state index in [9.17, 15) is 0 Å². The third-order valence-electron chi connectivity index (χ3n) is 8.87. The van der Waals surface area contributed by atoms with Crippen molar-refractivity contribution in [3.63, 3.8) is 0 Å². The van der Waals surface area contributed by atoms with Crippen LogP contribution in [-0.4, -0.2) is 0 Å². The van der Waals surface area contributed by atoms with Crippen LogP contribution in [0.5, 0.6) is 0 Å². The monoisotopic (exact) mass is 942 g/mol. The summed E-state index contributed by atoms with van der Waals surface area (Å²) in [5.74, 6) is 0. The van der Waals surface area contributed by atoms with Crippen molar-refractivity contribution in [3.05, 3.63) is 169 Å². The Balaban J connectivity index is 1.59. The lowest BCUT2D eigenvalue weighted by atomic mass is 9.84. The van der Waals surface area contributed by atoms with Gasteiger partial charge in [-0.1, -0.05) is 242 Å². The number of hydrogen-bond donors (Lipinski definition) is 0. The summed E-state index contributed by atoms with van der Waals surface area (Å²) in [4.78, 5) is 0. The summed E-state index contributed by atoms with van der Waals surface area (Å²) >= 11 is 81.8. The van der Waals surface area contributed by atoms with Crippen LogP contribution < -0.4 is 0 Å². The largest absolute Gasteiger partial charge is 0.0826 e. The van der Waals surface area contributed by atoms with E-state index in [-0.39, 0.29) is 77.0 Å². The van der Waals surface area contributed by atoms with Crippen LogP contribution in [0.4, 0.5) is 0 Å². The second-order valence-corrected chi connectivity index (χ2v) is 16.4. The van der Waals surface area contributed by atoms with Crippen LogP contribution in [-0.2, 0) is 0 Å². The Morgan fingerprint density at radius 3 is 1.06 bits per heavy atom. The molecule has 0 bridgehead atoms. The fourth-order valence-electron chi connectivity index (χ4n) is 6.48. The smallest absolute Gasteiger partial charge is 0.0809 e. The van der Waals surface area contributed by atoms with Gasteiger partial charge in [0.15, 0.2) is 0 Å². The quantitative estimate of drug-likeness (QED) is 0.115. The van der Waals surface area contributed by atoms with Crippen molar-refractivity contribution in [1.29, 1.82) is 0 Å². The van der Waals surface area contributed by atoms with Gasteiger partial charge >= 0.3 is 0 Å². The van der Waals surface area contributed by atoms with Crippen molar-refractivity contribution >= 4 is 139 Å². The van der Waals surface area contributed by atoms with Gasteiger partial charge in [0.2, 0.25) is 0 Å². The standard InChI is InChI=1S/C42H18Cl12/c43-27-18-26(29-30(35(47)39(51)38(50)34(29)46)31-36(48)40(52)42(54)41(53)37(31)49)28(33(45)32(27)44)25-17-9-8-16-24(25)23-15-7-6-14-22(23)21-13-5-4-12-20(21)19-10-2-1-3-11-19/h1-18H. The number of benzene rings is 7. The van der Waals surface area contributed by atoms with Crippen molar-refractivity contribution < 1.29 is 0 Å². The summed E-state index contributed by atoms with van der Waals surface area (Å²) in [5, 5.41) is -0.168. The normalized spacial score (nSPS) is 11.3. The summed E-state index contributed by atoms with van der Waals surface area (Å²) in [6.45, 7) is 0. The predicted molar refractivity (Wildman–Crippen MR) is 239 cm³/mol. The van der Waals surface area contributed by atoms with Crippen molar-refractivity contribution in [2.75, 3.05) is 0 Å². The van der Waals surface area contributed by atoms with Crippen LogP contribution in [0.25, 0.3) is 66.8 Å². The first-order valence-corrected chi connectivity index (χ1v) is 20.3. The van der Waals surface area contributed by atoms with E-state index in [0.29, 0.717) is 16.7 Å². The van der Waals surface area contributed by atoms with Crippen LogP contribution in [0.1, 0.15) is 0 Å². The summed E-state index contributed by atoms with van der Waals surface area (Å²) in [5.41, 5.74) is 7.83. The van der Waals surface area contributed by atoms with E-state index >= 15 is 0 Å². The van der Waals surface area contributed by atoms with Crippen LogP contribution in [0, 0.1) is 0 Å². The van der Waals surface area contributed by atoms with Gasteiger partial charge in [0.25, 0.3) is 0 Å². The van der Waals surface area contributed by atoms with E-state index in [1.165, 1.54) is 0 Å². The average Bonchev–Trinajstić information content (AvgIpc) is 3.20. The zero-order valence-corrected chi connectivity index (χ0v) is 36.0. The maximum Gasteiger partial charge on any atom is 0.0809 e. The molecule has 0 spiro atoms.